The molecule has 5 aromatic rings. The third-order valence-corrected chi connectivity index (χ3v) is 5.49. The van der Waals surface area contributed by atoms with Crippen molar-refractivity contribution in [1.29, 1.82) is 0 Å². The fourth-order valence-electron chi connectivity index (χ4n) is 3.86. The third-order valence-electron chi connectivity index (χ3n) is 5.49. The Bertz CT molecular complexity index is 1390. The fraction of sp³-hybridized carbons (Fsp3) is 0.115. The van der Waals surface area contributed by atoms with Gasteiger partial charge in [0, 0.05) is 17.8 Å². The Kier molecular flexibility index (Phi) is 5.44. The molecule has 0 unspecified atom stereocenters. The Morgan fingerprint density at radius 3 is 2.55 bits per heavy atom. The number of furan rings is 1. The van der Waals surface area contributed by atoms with Crippen LogP contribution in [0.4, 0.5) is 10.1 Å². The highest BCUT2D eigenvalue weighted by atomic mass is 19.1. The second kappa shape index (κ2) is 8.70. The lowest BCUT2D eigenvalue weighted by atomic mass is 10.1. The van der Waals surface area contributed by atoms with E-state index in [1.165, 1.54) is 12.1 Å². The number of pyridine rings is 1. The Balaban J connectivity index is 1.65. The van der Waals surface area contributed by atoms with Crippen molar-refractivity contribution in [2.45, 2.75) is 13.5 Å². The van der Waals surface area contributed by atoms with Gasteiger partial charge in [0.05, 0.1) is 29.1 Å². The molecular formula is C26H21FN4O2. The molecule has 2 aromatic carbocycles. The van der Waals surface area contributed by atoms with Gasteiger partial charge >= 0.3 is 0 Å². The maximum absolute atomic E-state index is 13.7. The minimum Gasteiger partial charge on any atom is -0.467 e. The van der Waals surface area contributed by atoms with Crippen LogP contribution < -0.4 is 4.90 Å². The first-order valence-corrected chi connectivity index (χ1v) is 10.7. The molecule has 0 N–H and O–H groups in total. The molecule has 33 heavy (non-hydrogen) atoms. The van der Waals surface area contributed by atoms with Crippen LogP contribution in [0, 0.1) is 5.82 Å². The lowest BCUT2D eigenvalue weighted by molar-refractivity contribution is 0.0990. The van der Waals surface area contributed by atoms with Crippen LogP contribution in [0.1, 0.15) is 23.0 Å². The largest absolute Gasteiger partial charge is 0.467 e. The van der Waals surface area contributed by atoms with Crippen molar-refractivity contribution in [2.75, 3.05) is 11.4 Å². The van der Waals surface area contributed by atoms with E-state index in [1.54, 1.807) is 40.2 Å². The molecule has 5 rings (SSSR count). The lowest BCUT2D eigenvalue weighted by Crippen LogP contribution is -2.30. The molecule has 0 bridgehead atoms. The van der Waals surface area contributed by atoms with Crippen molar-refractivity contribution in [2.24, 2.45) is 0 Å². The van der Waals surface area contributed by atoms with Crippen LogP contribution >= 0.6 is 0 Å². The zero-order chi connectivity index (χ0) is 22.8. The number of hydrogen-bond donors (Lipinski definition) is 0. The maximum atomic E-state index is 13.7. The van der Waals surface area contributed by atoms with Crippen molar-refractivity contribution in [3.63, 3.8) is 0 Å². The molecule has 6 nitrogen and oxygen atoms in total. The summed E-state index contributed by atoms with van der Waals surface area (Å²) >= 11 is 0. The number of benzene rings is 2. The van der Waals surface area contributed by atoms with Crippen molar-refractivity contribution in [3.05, 3.63) is 102 Å². The average Bonchev–Trinajstić information content (AvgIpc) is 3.51. The van der Waals surface area contributed by atoms with Crippen LogP contribution in [0.15, 0.2) is 89.7 Å². The molecule has 7 heteroatoms. The van der Waals surface area contributed by atoms with Crippen LogP contribution in [0.25, 0.3) is 22.3 Å². The monoisotopic (exact) mass is 440 g/mol. The highest BCUT2D eigenvalue weighted by Crippen LogP contribution is 2.28. The highest BCUT2D eigenvalue weighted by Gasteiger charge is 2.23. The number of anilines is 1. The predicted molar refractivity (Wildman–Crippen MR) is 125 cm³/mol. The summed E-state index contributed by atoms with van der Waals surface area (Å²) in [5.74, 6) is 0.187. The van der Waals surface area contributed by atoms with E-state index in [1.807, 2.05) is 49.4 Å². The number of nitrogens with zero attached hydrogens (tertiary/aromatic N) is 4. The number of halogens is 1. The topological polar surface area (TPSA) is 64.2 Å². The molecule has 0 spiro atoms. The van der Waals surface area contributed by atoms with Crippen molar-refractivity contribution in [3.8, 4) is 11.3 Å². The molecule has 0 radical (unpaired) electrons. The van der Waals surface area contributed by atoms with Crippen molar-refractivity contribution >= 4 is 22.6 Å². The average molecular weight is 440 g/mol. The van der Waals surface area contributed by atoms with Gasteiger partial charge in [-0.05, 0) is 49.4 Å². The fourth-order valence-corrected chi connectivity index (χ4v) is 3.86. The predicted octanol–water partition coefficient (Wildman–Crippen LogP) is 5.55. The molecule has 3 aromatic heterocycles. The summed E-state index contributed by atoms with van der Waals surface area (Å²) in [4.78, 5) is 20.2. The van der Waals surface area contributed by atoms with Gasteiger partial charge in [-0.3, -0.25) is 4.79 Å². The Morgan fingerprint density at radius 1 is 1.06 bits per heavy atom. The van der Waals surface area contributed by atoms with Crippen LogP contribution in [-0.2, 0) is 6.54 Å². The van der Waals surface area contributed by atoms with Crippen LogP contribution in [-0.4, -0.2) is 27.2 Å². The number of carbonyl (C=O) groups excluding carboxylic acids is 1. The molecule has 0 aliphatic carbocycles. The first kappa shape index (κ1) is 20.6. The van der Waals surface area contributed by atoms with Crippen LogP contribution in [0.5, 0.6) is 0 Å². The van der Waals surface area contributed by atoms with Crippen molar-refractivity contribution < 1.29 is 13.6 Å². The van der Waals surface area contributed by atoms with Gasteiger partial charge in [-0.25, -0.2) is 14.1 Å². The van der Waals surface area contributed by atoms with Gasteiger partial charge in [-0.15, -0.1) is 0 Å². The van der Waals surface area contributed by atoms with E-state index in [0.29, 0.717) is 41.1 Å². The van der Waals surface area contributed by atoms with Gasteiger partial charge in [-0.1, -0.05) is 30.3 Å². The molecule has 164 valence electrons. The first-order chi connectivity index (χ1) is 16.1. The van der Waals surface area contributed by atoms with Gasteiger partial charge < -0.3 is 9.32 Å². The Morgan fingerprint density at radius 2 is 1.85 bits per heavy atom. The zero-order valence-corrected chi connectivity index (χ0v) is 18.0. The number of fused-ring (bicyclic) bond motifs is 1. The van der Waals surface area contributed by atoms with E-state index in [2.05, 4.69) is 5.10 Å². The summed E-state index contributed by atoms with van der Waals surface area (Å²) in [6, 6.07) is 21.1. The van der Waals surface area contributed by atoms with E-state index in [0.717, 1.165) is 11.3 Å². The van der Waals surface area contributed by atoms with Gasteiger partial charge in [0.15, 0.2) is 5.65 Å². The second-order valence-corrected chi connectivity index (χ2v) is 7.57. The zero-order valence-electron chi connectivity index (χ0n) is 18.0. The summed E-state index contributed by atoms with van der Waals surface area (Å²) in [6.07, 6.45) is 3.27. The third kappa shape index (κ3) is 4.01. The SMILES string of the molecule is CCN(C(=O)c1cc(-c2ccccc2)nc2c1cnn2Cc1ccco1)c1ccc(F)cc1. The summed E-state index contributed by atoms with van der Waals surface area (Å²) in [7, 11) is 0. The summed E-state index contributed by atoms with van der Waals surface area (Å²) in [6.45, 7) is 2.71. The minimum atomic E-state index is -0.348. The Hall–Kier alpha value is -4.26. The molecule has 0 atom stereocenters. The van der Waals surface area contributed by atoms with Gasteiger partial charge in [0.1, 0.15) is 18.1 Å². The van der Waals surface area contributed by atoms with Crippen LogP contribution in [0.2, 0.25) is 0 Å². The van der Waals surface area contributed by atoms with E-state index >= 15 is 0 Å². The van der Waals surface area contributed by atoms with E-state index in [4.69, 9.17) is 9.40 Å². The number of carbonyl (C=O) groups is 1. The standard InChI is InChI=1S/C26H21FN4O2/c1-2-30(20-12-10-19(27)11-13-20)26(32)22-15-24(18-7-4-3-5-8-18)29-25-23(22)16-28-31(25)17-21-9-6-14-33-21/h3-16H,2,17H2,1H3. The molecule has 0 fully saturated rings. The maximum Gasteiger partial charge on any atom is 0.259 e. The first-order valence-electron chi connectivity index (χ1n) is 10.7. The van der Waals surface area contributed by atoms with Crippen LogP contribution in [0.3, 0.4) is 0 Å². The van der Waals surface area contributed by atoms with Crippen molar-refractivity contribution in [1.82, 2.24) is 14.8 Å². The normalized spacial score (nSPS) is 11.1. The molecule has 3 heterocycles. The Labute approximate surface area is 189 Å². The molecule has 0 aliphatic heterocycles. The van der Waals surface area contributed by atoms with Gasteiger partial charge in [0.25, 0.3) is 5.91 Å². The van der Waals surface area contributed by atoms with E-state index < -0.39 is 0 Å². The van der Waals surface area contributed by atoms with E-state index in [9.17, 15) is 9.18 Å². The molecule has 0 saturated heterocycles. The minimum absolute atomic E-state index is 0.203. The molecule has 0 aliphatic rings. The summed E-state index contributed by atoms with van der Waals surface area (Å²) in [5.41, 5.74) is 3.26. The summed E-state index contributed by atoms with van der Waals surface area (Å²) in [5, 5.41) is 5.14. The van der Waals surface area contributed by atoms with E-state index in [-0.39, 0.29) is 11.7 Å². The number of hydrogen-bond acceptors (Lipinski definition) is 4. The molecule has 1 amide bonds. The second-order valence-electron chi connectivity index (χ2n) is 7.57. The number of rotatable bonds is 6. The summed E-state index contributed by atoms with van der Waals surface area (Å²) < 4.78 is 20.7. The highest BCUT2D eigenvalue weighted by molar-refractivity contribution is 6.13. The number of aromatic nitrogens is 3. The number of amides is 1. The molecule has 0 saturated carbocycles. The smallest absolute Gasteiger partial charge is 0.259 e. The lowest BCUT2D eigenvalue weighted by Gasteiger charge is -2.22. The van der Waals surface area contributed by atoms with Gasteiger partial charge in [-0.2, -0.15) is 5.10 Å². The molecular weight excluding hydrogens is 419 g/mol. The quantitative estimate of drug-likeness (QED) is 0.348. The van der Waals surface area contributed by atoms with Gasteiger partial charge in [0.2, 0.25) is 0 Å².